The molecule has 1 aromatic heterocycles. The smallest absolute Gasteiger partial charge is 0.311 e. The average Bonchev–Trinajstić information content (AvgIpc) is 2.56. The Kier molecular flexibility index (Phi) is 4.82. The minimum Gasteiger partial charge on any atom is -0.469 e. The highest BCUT2D eigenvalue weighted by atomic mass is 16.5. The Morgan fingerprint density at radius 1 is 1.26 bits per heavy atom. The molecule has 1 saturated carbocycles. The molecule has 1 aliphatic carbocycles. The number of ether oxygens (including phenoxy) is 1. The van der Waals surface area contributed by atoms with Gasteiger partial charge in [0.2, 0.25) is 5.91 Å². The van der Waals surface area contributed by atoms with E-state index in [1.54, 1.807) is 0 Å². The molecule has 0 bridgehead atoms. The van der Waals surface area contributed by atoms with Crippen LogP contribution in [-0.4, -0.2) is 34.2 Å². The molecule has 8 heteroatoms. The predicted molar refractivity (Wildman–Crippen MR) is 81.2 cm³/mol. The van der Waals surface area contributed by atoms with Crippen molar-refractivity contribution in [3.63, 3.8) is 0 Å². The summed E-state index contributed by atoms with van der Waals surface area (Å²) in [5.41, 5.74) is -1.30. The first-order valence-corrected chi connectivity index (χ1v) is 7.57. The van der Waals surface area contributed by atoms with Gasteiger partial charge in [-0.2, -0.15) is 0 Å². The van der Waals surface area contributed by atoms with E-state index in [-0.39, 0.29) is 29.7 Å². The van der Waals surface area contributed by atoms with Crippen LogP contribution in [0.3, 0.4) is 0 Å². The number of methoxy groups -OCH3 is 1. The second kappa shape index (κ2) is 6.47. The minimum atomic E-state index is -0.567. The number of carbonyl (C=O) groups is 2. The molecule has 23 heavy (non-hydrogen) atoms. The highest BCUT2D eigenvalue weighted by Gasteiger charge is 2.45. The van der Waals surface area contributed by atoms with Crippen LogP contribution in [0.4, 0.5) is 0 Å². The Morgan fingerprint density at radius 2 is 1.87 bits per heavy atom. The van der Waals surface area contributed by atoms with Crippen molar-refractivity contribution in [3.8, 4) is 0 Å². The number of esters is 1. The Hall–Kier alpha value is -2.25. The van der Waals surface area contributed by atoms with Crippen LogP contribution >= 0.6 is 0 Å². The first-order chi connectivity index (χ1) is 10.8. The number of hydrogen-bond donors (Lipinski definition) is 2. The van der Waals surface area contributed by atoms with Gasteiger partial charge in [0.15, 0.2) is 0 Å². The van der Waals surface area contributed by atoms with Gasteiger partial charge in [0.25, 0.3) is 5.56 Å². The van der Waals surface area contributed by atoms with Gasteiger partial charge in [-0.15, -0.1) is 10.2 Å². The van der Waals surface area contributed by atoms with Gasteiger partial charge in [-0.1, -0.05) is 6.92 Å². The number of H-pyrrole nitrogens is 1. The van der Waals surface area contributed by atoms with Crippen LogP contribution in [-0.2, 0) is 20.9 Å². The van der Waals surface area contributed by atoms with E-state index in [4.69, 9.17) is 4.74 Å². The van der Waals surface area contributed by atoms with Gasteiger partial charge in [0, 0.05) is 5.41 Å². The van der Waals surface area contributed by atoms with Gasteiger partial charge in [-0.05, 0) is 32.6 Å². The Morgan fingerprint density at radius 3 is 2.43 bits per heavy atom. The molecular weight excluding hydrogens is 300 g/mol. The van der Waals surface area contributed by atoms with Crippen LogP contribution in [0.5, 0.6) is 0 Å². The highest BCUT2D eigenvalue weighted by Crippen LogP contribution is 2.45. The van der Waals surface area contributed by atoms with Crippen molar-refractivity contribution in [2.75, 3.05) is 7.11 Å². The normalized spacial score (nSPS) is 27.3. The monoisotopic (exact) mass is 322 g/mol. The van der Waals surface area contributed by atoms with Crippen LogP contribution in [0.1, 0.15) is 45.2 Å². The van der Waals surface area contributed by atoms with E-state index < -0.39 is 10.8 Å². The fourth-order valence-corrected chi connectivity index (χ4v) is 2.84. The first-order valence-electron chi connectivity index (χ1n) is 7.57. The van der Waals surface area contributed by atoms with Gasteiger partial charge in [0.05, 0.1) is 19.1 Å². The van der Waals surface area contributed by atoms with Crippen molar-refractivity contribution in [2.24, 2.45) is 10.8 Å². The molecule has 0 atom stereocenters. The summed E-state index contributed by atoms with van der Waals surface area (Å²) in [7, 11) is 1.38. The summed E-state index contributed by atoms with van der Waals surface area (Å²) in [6.45, 7) is 3.78. The van der Waals surface area contributed by atoms with Crippen LogP contribution in [0.25, 0.3) is 0 Å². The molecular formula is C15H22N4O4. The molecule has 0 unspecified atom stereocenters. The van der Waals surface area contributed by atoms with Crippen molar-refractivity contribution in [1.29, 1.82) is 0 Å². The topological polar surface area (TPSA) is 114 Å². The van der Waals surface area contributed by atoms with Gasteiger partial charge < -0.3 is 15.0 Å². The maximum absolute atomic E-state index is 12.5. The highest BCUT2D eigenvalue weighted by molar-refractivity contribution is 5.83. The number of nitrogens with zero attached hydrogens (tertiary/aromatic N) is 2. The lowest BCUT2D eigenvalue weighted by molar-refractivity contribution is -0.156. The van der Waals surface area contributed by atoms with Crippen LogP contribution < -0.4 is 10.9 Å². The summed E-state index contributed by atoms with van der Waals surface area (Å²) in [6, 6.07) is 0. The molecule has 126 valence electrons. The van der Waals surface area contributed by atoms with Crippen LogP contribution in [0, 0.1) is 10.8 Å². The fraction of sp³-hybridized carbons (Fsp3) is 0.667. The summed E-state index contributed by atoms with van der Waals surface area (Å²) in [6.07, 6.45) is 3.55. The van der Waals surface area contributed by atoms with Crippen molar-refractivity contribution < 1.29 is 14.3 Å². The molecule has 8 nitrogen and oxygen atoms in total. The maximum atomic E-state index is 12.5. The van der Waals surface area contributed by atoms with E-state index in [0.29, 0.717) is 25.7 Å². The standard InChI is InChI=1S/C15H22N4O4/c1-14(4-6-15(2,7-5-14)13(22)23-3)12(21)16-8-10-11(20)17-9-18-19-10/h9H,4-8H2,1-3H3,(H,16,21)(H,17,18,20)/t14-,15+. The van der Waals surface area contributed by atoms with E-state index >= 15 is 0 Å². The third-order valence-corrected chi connectivity index (χ3v) is 4.79. The fourth-order valence-electron chi connectivity index (χ4n) is 2.84. The van der Waals surface area contributed by atoms with Crippen molar-refractivity contribution >= 4 is 11.9 Å². The quantitative estimate of drug-likeness (QED) is 0.782. The molecule has 0 radical (unpaired) electrons. The number of rotatable bonds is 4. The molecule has 1 heterocycles. The zero-order valence-corrected chi connectivity index (χ0v) is 13.6. The minimum absolute atomic E-state index is 0.0336. The van der Waals surface area contributed by atoms with Crippen LogP contribution in [0.15, 0.2) is 11.1 Å². The molecule has 1 amide bonds. The molecule has 0 saturated heterocycles. The Bertz CT molecular complexity index is 647. The Balaban J connectivity index is 1.97. The van der Waals surface area contributed by atoms with Gasteiger partial charge in [-0.3, -0.25) is 14.4 Å². The molecule has 1 aromatic rings. The van der Waals surface area contributed by atoms with Crippen molar-refractivity contribution in [1.82, 2.24) is 20.5 Å². The first kappa shape index (κ1) is 17.1. The van der Waals surface area contributed by atoms with E-state index in [9.17, 15) is 14.4 Å². The third-order valence-electron chi connectivity index (χ3n) is 4.79. The Labute approximate surface area is 134 Å². The lowest BCUT2D eigenvalue weighted by Gasteiger charge is -2.40. The molecule has 1 fully saturated rings. The van der Waals surface area contributed by atoms with Gasteiger partial charge in [0.1, 0.15) is 12.0 Å². The number of aromatic amines is 1. The summed E-state index contributed by atoms with van der Waals surface area (Å²) >= 11 is 0. The van der Waals surface area contributed by atoms with E-state index in [1.807, 2.05) is 13.8 Å². The molecule has 2 rings (SSSR count). The van der Waals surface area contributed by atoms with Gasteiger partial charge >= 0.3 is 5.97 Å². The molecule has 0 spiro atoms. The summed E-state index contributed by atoms with van der Waals surface area (Å²) in [5.74, 6) is -0.375. The molecule has 0 aliphatic heterocycles. The molecule has 0 aromatic carbocycles. The lowest BCUT2D eigenvalue weighted by atomic mass is 9.64. The summed E-state index contributed by atoms with van der Waals surface area (Å²) in [5, 5.41) is 10.0. The second-order valence-corrected chi connectivity index (χ2v) is 6.56. The predicted octanol–water partition coefficient (Wildman–Crippen LogP) is 0.541. The van der Waals surface area contributed by atoms with E-state index in [2.05, 4.69) is 20.5 Å². The zero-order valence-electron chi connectivity index (χ0n) is 13.6. The largest absolute Gasteiger partial charge is 0.469 e. The number of carbonyl (C=O) groups excluding carboxylic acids is 2. The summed E-state index contributed by atoms with van der Waals surface area (Å²) in [4.78, 5) is 38.2. The lowest BCUT2D eigenvalue weighted by Crippen LogP contribution is -2.45. The number of hydrogen-bond acceptors (Lipinski definition) is 6. The summed E-state index contributed by atoms with van der Waals surface area (Å²) < 4.78 is 4.85. The number of aromatic nitrogens is 3. The van der Waals surface area contributed by atoms with Crippen LogP contribution in [0.2, 0.25) is 0 Å². The zero-order chi connectivity index (χ0) is 17.1. The number of nitrogens with one attached hydrogen (secondary N) is 2. The molecule has 2 N–H and O–H groups in total. The average molecular weight is 322 g/mol. The number of amides is 1. The molecule has 1 aliphatic rings. The van der Waals surface area contributed by atoms with Crippen molar-refractivity contribution in [2.45, 2.75) is 46.1 Å². The maximum Gasteiger partial charge on any atom is 0.311 e. The van der Waals surface area contributed by atoms with Gasteiger partial charge in [-0.25, -0.2) is 0 Å². The SMILES string of the molecule is COC(=O)[C@]1(C)CC[C@](C)(C(=O)NCc2nnc[nH]c2=O)CC1. The third kappa shape index (κ3) is 3.57. The second-order valence-electron chi connectivity index (χ2n) is 6.56. The van der Waals surface area contributed by atoms with Crippen molar-refractivity contribution in [3.05, 3.63) is 22.4 Å². The van der Waals surface area contributed by atoms with E-state index in [1.165, 1.54) is 13.4 Å². The van der Waals surface area contributed by atoms with E-state index in [0.717, 1.165) is 0 Å².